The molecule has 2 aromatic carbocycles. The first-order valence-corrected chi connectivity index (χ1v) is 12.0. The van der Waals surface area contributed by atoms with E-state index in [1.807, 2.05) is 11.9 Å². The molecule has 14 nitrogen and oxygen atoms in total. The van der Waals surface area contributed by atoms with Crippen molar-refractivity contribution in [3.05, 3.63) is 36.4 Å². The zero-order valence-corrected chi connectivity index (χ0v) is 23.1. The minimum Gasteiger partial charge on any atom is -1.00 e. The fourth-order valence-corrected chi connectivity index (χ4v) is 4.00. The summed E-state index contributed by atoms with van der Waals surface area (Å²) in [6.45, 7) is 2.66. The number of carbonyl (C=O) groups is 4. The van der Waals surface area contributed by atoms with Gasteiger partial charge in [0.1, 0.15) is 11.5 Å². The second-order valence-electron chi connectivity index (χ2n) is 9.29. The summed E-state index contributed by atoms with van der Waals surface area (Å²) >= 11 is 0. The smallest absolute Gasteiger partial charge is 0.411 e. The number of aromatic hydroxyl groups is 2. The van der Waals surface area contributed by atoms with Gasteiger partial charge >= 0.3 is 12.2 Å². The van der Waals surface area contributed by atoms with Gasteiger partial charge in [0.05, 0.1) is 52.3 Å². The van der Waals surface area contributed by atoms with Gasteiger partial charge in [-0.3, -0.25) is 25.1 Å². The van der Waals surface area contributed by atoms with Gasteiger partial charge in [-0.2, -0.15) is 0 Å². The second kappa shape index (κ2) is 14.2. The Morgan fingerprint density at radius 2 is 1.25 bits per heavy atom. The molecular weight excluding hydrogens is 548 g/mol. The van der Waals surface area contributed by atoms with Crippen molar-refractivity contribution in [3.63, 3.8) is 0 Å². The molecule has 3 rings (SSSR count). The number of phenols is 2. The lowest BCUT2D eigenvalue weighted by atomic mass is 10.2. The molecule has 0 unspecified atom stereocenters. The zero-order valence-electron chi connectivity index (χ0n) is 22.3. The van der Waals surface area contributed by atoms with Gasteiger partial charge in [0, 0.05) is 36.6 Å². The van der Waals surface area contributed by atoms with Crippen LogP contribution in [0.5, 0.6) is 11.5 Å². The Hall–Kier alpha value is -4.27. The number of nitrogens with zero attached hydrogens (tertiary/aromatic N) is 2. The summed E-state index contributed by atoms with van der Waals surface area (Å²) in [7, 11) is 4.39. The van der Waals surface area contributed by atoms with E-state index in [0.717, 1.165) is 0 Å². The predicted octanol–water partition coefficient (Wildman–Crippen LogP) is -1.20. The first-order valence-electron chi connectivity index (χ1n) is 12.0. The maximum absolute atomic E-state index is 12.7. The first-order chi connectivity index (χ1) is 18.5. The minimum absolute atomic E-state index is 0. The van der Waals surface area contributed by atoms with Gasteiger partial charge < -0.3 is 47.2 Å². The van der Waals surface area contributed by atoms with Crippen molar-refractivity contribution in [3.8, 4) is 11.5 Å². The molecule has 0 bridgehead atoms. The molecule has 1 aliphatic heterocycles. The van der Waals surface area contributed by atoms with Gasteiger partial charge in [-0.05, 0) is 24.3 Å². The van der Waals surface area contributed by atoms with E-state index >= 15 is 0 Å². The number of methoxy groups -OCH3 is 2. The van der Waals surface area contributed by atoms with E-state index in [1.54, 1.807) is 0 Å². The van der Waals surface area contributed by atoms with Crippen molar-refractivity contribution in [2.45, 2.75) is 0 Å². The third-order valence-electron chi connectivity index (χ3n) is 6.21. The fourth-order valence-electron chi connectivity index (χ4n) is 4.00. The summed E-state index contributed by atoms with van der Waals surface area (Å²) in [5.74, 6) is -0.996. The summed E-state index contributed by atoms with van der Waals surface area (Å²) in [5, 5.41) is 30.6. The lowest BCUT2D eigenvalue weighted by molar-refractivity contribution is -0.905. The molecule has 15 heteroatoms. The lowest BCUT2D eigenvalue weighted by Crippen LogP contribution is -3.00. The number of piperazine rings is 1. The molecule has 6 N–H and O–H groups in total. The highest BCUT2D eigenvalue weighted by Gasteiger charge is 2.32. The highest BCUT2D eigenvalue weighted by Crippen LogP contribution is 2.28. The van der Waals surface area contributed by atoms with Gasteiger partial charge in [0.25, 0.3) is 5.91 Å². The van der Waals surface area contributed by atoms with Crippen molar-refractivity contribution in [1.29, 1.82) is 0 Å². The van der Waals surface area contributed by atoms with Crippen molar-refractivity contribution in [2.24, 2.45) is 0 Å². The molecule has 218 valence electrons. The number of hydrogen-bond acceptors (Lipinski definition) is 9. The normalized spacial score (nSPS) is 14.2. The summed E-state index contributed by atoms with van der Waals surface area (Å²) < 4.78 is 9.46. The maximum Gasteiger partial charge on any atom is 0.411 e. The molecule has 1 fully saturated rings. The van der Waals surface area contributed by atoms with Gasteiger partial charge in [-0.25, -0.2) is 9.59 Å². The number of carbonyl (C=O) groups excluding carboxylic acids is 4. The van der Waals surface area contributed by atoms with Crippen molar-refractivity contribution in [1.82, 2.24) is 4.90 Å². The maximum atomic E-state index is 12.7. The van der Waals surface area contributed by atoms with E-state index in [9.17, 15) is 29.4 Å². The predicted molar refractivity (Wildman–Crippen MR) is 143 cm³/mol. The number of rotatable bonds is 8. The Kier molecular flexibility index (Phi) is 11.3. The van der Waals surface area contributed by atoms with Gasteiger partial charge in [0.15, 0.2) is 6.54 Å². The van der Waals surface area contributed by atoms with Crippen LogP contribution in [-0.2, 0) is 19.1 Å². The zero-order chi connectivity index (χ0) is 28.6. The average Bonchev–Trinajstić information content (AvgIpc) is 2.88. The van der Waals surface area contributed by atoms with Gasteiger partial charge in [0.2, 0.25) is 5.91 Å². The molecule has 0 radical (unpaired) electrons. The van der Waals surface area contributed by atoms with Crippen LogP contribution in [0.1, 0.15) is 0 Å². The topological polar surface area (TPSA) is 179 Å². The third kappa shape index (κ3) is 9.18. The Labute approximate surface area is 237 Å². The number of halogens is 1. The van der Waals surface area contributed by atoms with Gasteiger partial charge in [-0.1, -0.05) is 0 Å². The summed E-state index contributed by atoms with van der Waals surface area (Å²) in [4.78, 5) is 49.8. The van der Waals surface area contributed by atoms with E-state index < -0.39 is 12.2 Å². The van der Waals surface area contributed by atoms with E-state index in [0.29, 0.717) is 42.0 Å². The minimum atomic E-state index is -0.680. The molecule has 1 aliphatic rings. The van der Waals surface area contributed by atoms with Crippen LogP contribution in [0.15, 0.2) is 36.4 Å². The molecular formula is C25H33ClN6O8. The first kappa shape index (κ1) is 31.9. The van der Waals surface area contributed by atoms with Crippen LogP contribution in [-0.4, -0.2) is 104 Å². The molecule has 1 saturated heterocycles. The number of anilines is 4. The monoisotopic (exact) mass is 580 g/mol. The Balaban J connectivity index is 0.00000560. The number of ether oxygens (including phenoxy) is 2. The van der Waals surface area contributed by atoms with Crippen LogP contribution >= 0.6 is 0 Å². The number of hydrogen-bond donors (Lipinski definition) is 6. The summed E-state index contributed by atoms with van der Waals surface area (Å²) in [6, 6.07) is 8.61. The summed E-state index contributed by atoms with van der Waals surface area (Å²) in [6.07, 6.45) is -1.36. The molecule has 0 aromatic heterocycles. The van der Waals surface area contributed by atoms with Crippen molar-refractivity contribution >= 4 is 46.8 Å². The molecule has 4 amide bonds. The molecule has 0 spiro atoms. The SMILES string of the molecule is COC(=O)Nc1ccc(NC(=O)CN2CC[N+](C)(CC(=O)Nc3ccc(NC(=O)OC)cc3O)CC2)c(O)c1.[Cl-]. The number of amides is 4. The molecule has 0 saturated carbocycles. The Morgan fingerprint density at radius 3 is 1.68 bits per heavy atom. The molecule has 1 heterocycles. The lowest BCUT2D eigenvalue weighted by Gasteiger charge is -2.41. The standard InChI is InChI=1S/C25H32N6O8.ClH/c1-31(15-23(35)29-19-7-5-17(13-21(19)33)27-25(37)39-3)10-8-30(9-11-31)14-22(34)28-18-6-4-16(12-20(18)32)26-24(36)38-2;/h4-7,12-13H,8-11,14-15H2,1-3H3,(H5-,26,27,28,29,32,33,34,35,36,37);1H. The molecule has 2 aromatic rings. The fraction of sp³-hybridized carbons (Fsp3) is 0.360. The molecule has 40 heavy (non-hydrogen) atoms. The van der Waals surface area contributed by atoms with E-state index in [2.05, 4.69) is 30.7 Å². The number of benzene rings is 2. The van der Waals surface area contributed by atoms with Crippen LogP contribution in [0, 0.1) is 0 Å². The quantitative estimate of drug-likeness (QED) is 0.165. The summed E-state index contributed by atoms with van der Waals surface area (Å²) in [5.41, 5.74) is 1.06. The Bertz CT molecular complexity index is 1240. The van der Waals surface area contributed by atoms with E-state index in [1.165, 1.54) is 50.6 Å². The third-order valence-corrected chi connectivity index (χ3v) is 6.21. The van der Waals surface area contributed by atoms with Crippen molar-refractivity contribution in [2.75, 3.05) is 81.8 Å². The Morgan fingerprint density at radius 1 is 0.800 bits per heavy atom. The number of likely N-dealkylation sites (N-methyl/N-ethyl adjacent to an activating group) is 1. The highest BCUT2D eigenvalue weighted by atomic mass is 35.5. The second-order valence-corrected chi connectivity index (χ2v) is 9.29. The van der Waals surface area contributed by atoms with Crippen LogP contribution in [0.2, 0.25) is 0 Å². The van der Waals surface area contributed by atoms with Crippen LogP contribution in [0.4, 0.5) is 32.3 Å². The van der Waals surface area contributed by atoms with Crippen LogP contribution in [0.3, 0.4) is 0 Å². The van der Waals surface area contributed by atoms with Crippen LogP contribution in [0.25, 0.3) is 0 Å². The molecule has 0 atom stereocenters. The van der Waals surface area contributed by atoms with Gasteiger partial charge in [-0.15, -0.1) is 0 Å². The number of nitrogens with one attached hydrogen (secondary N) is 4. The highest BCUT2D eigenvalue weighted by molar-refractivity contribution is 5.95. The average molecular weight is 581 g/mol. The van der Waals surface area contributed by atoms with E-state index in [4.69, 9.17) is 0 Å². The van der Waals surface area contributed by atoms with Crippen molar-refractivity contribution < 1.29 is 55.8 Å². The number of quaternary nitrogens is 1. The van der Waals surface area contributed by atoms with E-state index in [-0.39, 0.29) is 60.2 Å². The largest absolute Gasteiger partial charge is 1.00 e. The van der Waals surface area contributed by atoms with Crippen LogP contribution < -0.4 is 33.7 Å². The molecule has 0 aliphatic carbocycles. The number of phenolic OH excluding ortho intramolecular Hbond substituents is 2.